The van der Waals surface area contributed by atoms with Crippen molar-refractivity contribution in [3.8, 4) is 0 Å². The quantitative estimate of drug-likeness (QED) is 0.860. The molecule has 1 aromatic carbocycles. The third kappa shape index (κ3) is 3.68. The first-order chi connectivity index (χ1) is 11.5. The molecule has 0 saturated heterocycles. The van der Waals surface area contributed by atoms with Gasteiger partial charge in [-0.25, -0.2) is 13.1 Å². The highest BCUT2D eigenvalue weighted by Gasteiger charge is 2.24. The zero-order chi connectivity index (χ0) is 17.2. The Hall–Kier alpha value is -1.70. The molecule has 1 aliphatic heterocycles. The maximum absolute atomic E-state index is 12.4. The van der Waals surface area contributed by atoms with Gasteiger partial charge in [0.1, 0.15) is 4.90 Å². The van der Waals surface area contributed by atoms with Crippen LogP contribution in [0.25, 0.3) is 0 Å². The maximum Gasteiger partial charge on any atom is 0.243 e. The Balaban J connectivity index is 1.65. The van der Waals surface area contributed by atoms with Crippen molar-refractivity contribution in [2.45, 2.75) is 37.2 Å². The Morgan fingerprint density at radius 3 is 2.71 bits per heavy atom. The van der Waals surface area contributed by atoms with Crippen LogP contribution in [0.5, 0.6) is 0 Å². The van der Waals surface area contributed by atoms with Crippen LogP contribution in [0.3, 0.4) is 0 Å². The summed E-state index contributed by atoms with van der Waals surface area (Å²) in [6.07, 6.45) is 4.81. The summed E-state index contributed by atoms with van der Waals surface area (Å²) in [4.78, 5) is 2.58. The Bertz CT molecular complexity index is 800. The molecule has 130 valence electrons. The van der Waals surface area contributed by atoms with Crippen LogP contribution in [0, 0.1) is 0 Å². The van der Waals surface area contributed by atoms with Crippen LogP contribution in [0.1, 0.15) is 24.5 Å². The van der Waals surface area contributed by atoms with Crippen LogP contribution >= 0.6 is 0 Å². The molecule has 1 aromatic heterocycles. The summed E-state index contributed by atoms with van der Waals surface area (Å²) in [5.41, 5.74) is 2.75. The standard InChI is InChI=1S/C17H24N4O2S/c1-3-16(10-19-24(22,23)17-11-18-20(2)13-17)21-9-8-14-6-4-5-7-15(14)12-21/h4-7,11,13,16,19H,3,8-10,12H2,1-2H3/t16-/m1/s1. The molecular formula is C17H24N4O2S. The van der Waals surface area contributed by atoms with E-state index < -0.39 is 10.0 Å². The summed E-state index contributed by atoms with van der Waals surface area (Å²) in [6.45, 7) is 4.35. The van der Waals surface area contributed by atoms with E-state index in [0.717, 1.165) is 25.9 Å². The van der Waals surface area contributed by atoms with E-state index in [1.165, 1.54) is 28.2 Å². The molecular weight excluding hydrogens is 324 g/mol. The lowest BCUT2D eigenvalue weighted by molar-refractivity contribution is 0.175. The van der Waals surface area contributed by atoms with Gasteiger partial charge in [-0.05, 0) is 24.0 Å². The van der Waals surface area contributed by atoms with Crippen molar-refractivity contribution < 1.29 is 8.42 Å². The van der Waals surface area contributed by atoms with Crippen LogP contribution in [0.4, 0.5) is 0 Å². The number of hydrogen-bond acceptors (Lipinski definition) is 4. The fourth-order valence-electron chi connectivity index (χ4n) is 3.19. The van der Waals surface area contributed by atoms with Gasteiger partial charge in [0.25, 0.3) is 0 Å². The lowest BCUT2D eigenvalue weighted by Crippen LogP contribution is -2.45. The zero-order valence-corrected chi connectivity index (χ0v) is 15.0. The number of rotatable bonds is 6. The number of nitrogens with zero attached hydrogens (tertiary/aromatic N) is 3. The second-order valence-electron chi connectivity index (χ2n) is 6.25. The summed E-state index contributed by atoms with van der Waals surface area (Å²) in [7, 11) is -1.80. The third-order valence-electron chi connectivity index (χ3n) is 4.65. The lowest BCUT2D eigenvalue weighted by atomic mass is 9.98. The smallest absolute Gasteiger partial charge is 0.243 e. The monoisotopic (exact) mass is 348 g/mol. The molecule has 7 heteroatoms. The minimum Gasteiger partial charge on any atom is -0.295 e. The summed E-state index contributed by atoms with van der Waals surface area (Å²) in [6, 6.07) is 8.67. The minimum atomic E-state index is -3.50. The highest BCUT2D eigenvalue weighted by atomic mass is 32.2. The van der Waals surface area contributed by atoms with E-state index in [1.807, 2.05) is 0 Å². The summed E-state index contributed by atoms with van der Waals surface area (Å²) in [5, 5.41) is 3.93. The van der Waals surface area contributed by atoms with Crippen molar-refractivity contribution in [3.05, 3.63) is 47.8 Å². The van der Waals surface area contributed by atoms with E-state index in [1.54, 1.807) is 7.05 Å². The van der Waals surface area contributed by atoms with Gasteiger partial charge in [-0.3, -0.25) is 9.58 Å². The Morgan fingerprint density at radius 1 is 1.29 bits per heavy atom. The molecule has 3 rings (SSSR count). The van der Waals surface area contributed by atoms with Gasteiger partial charge < -0.3 is 0 Å². The summed E-state index contributed by atoms with van der Waals surface area (Å²) >= 11 is 0. The number of fused-ring (bicyclic) bond motifs is 1. The molecule has 2 heterocycles. The van der Waals surface area contributed by atoms with Gasteiger partial charge in [0.15, 0.2) is 0 Å². The van der Waals surface area contributed by atoms with E-state index in [0.29, 0.717) is 6.54 Å². The molecule has 1 aliphatic rings. The predicted molar refractivity (Wildman–Crippen MR) is 93.0 cm³/mol. The van der Waals surface area contributed by atoms with Gasteiger partial charge in [-0.1, -0.05) is 31.2 Å². The van der Waals surface area contributed by atoms with Crippen LogP contribution < -0.4 is 4.72 Å². The molecule has 24 heavy (non-hydrogen) atoms. The van der Waals surface area contributed by atoms with Gasteiger partial charge >= 0.3 is 0 Å². The number of aryl methyl sites for hydroxylation is 1. The number of benzene rings is 1. The van der Waals surface area contributed by atoms with Crippen molar-refractivity contribution in [1.82, 2.24) is 19.4 Å². The first kappa shape index (κ1) is 17.1. The molecule has 0 aliphatic carbocycles. The van der Waals surface area contributed by atoms with Crippen molar-refractivity contribution in [2.75, 3.05) is 13.1 Å². The zero-order valence-electron chi connectivity index (χ0n) is 14.1. The lowest BCUT2D eigenvalue weighted by Gasteiger charge is -2.35. The summed E-state index contributed by atoms with van der Waals surface area (Å²) in [5.74, 6) is 0. The predicted octanol–water partition coefficient (Wildman–Crippen LogP) is 1.54. The molecule has 0 bridgehead atoms. The largest absolute Gasteiger partial charge is 0.295 e. The van der Waals surface area contributed by atoms with Gasteiger partial charge in [-0.15, -0.1) is 0 Å². The van der Waals surface area contributed by atoms with Crippen molar-refractivity contribution in [3.63, 3.8) is 0 Å². The first-order valence-electron chi connectivity index (χ1n) is 8.28. The SMILES string of the molecule is CC[C@H](CNS(=O)(=O)c1cnn(C)c1)N1CCc2ccccc2C1. The normalized spacial score (nSPS) is 16.8. The van der Waals surface area contributed by atoms with Crippen LogP contribution in [-0.2, 0) is 30.0 Å². The van der Waals surface area contributed by atoms with Crippen molar-refractivity contribution >= 4 is 10.0 Å². The average Bonchev–Trinajstić information content (AvgIpc) is 3.02. The maximum atomic E-state index is 12.4. The van der Waals surface area contributed by atoms with Crippen molar-refractivity contribution in [1.29, 1.82) is 0 Å². The number of aromatic nitrogens is 2. The fourth-order valence-corrected chi connectivity index (χ4v) is 4.24. The molecule has 0 spiro atoms. The van der Waals surface area contributed by atoms with Gasteiger partial charge in [-0.2, -0.15) is 5.10 Å². The van der Waals surface area contributed by atoms with Crippen LogP contribution in [0.15, 0.2) is 41.6 Å². The topological polar surface area (TPSA) is 67.2 Å². The Labute approximate surface area is 143 Å². The third-order valence-corrected chi connectivity index (χ3v) is 6.03. The van der Waals surface area contributed by atoms with E-state index in [2.05, 4.69) is 45.9 Å². The molecule has 6 nitrogen and oxygen atoms in total. The number of nitrogens with one attached hydrogen (secondary N) is 1. The van der Waals surface area contributed by atoms with E-state index in [-0.39, 0.29) is 10.9 Å². The fraction of sp³-hybridized carbons (Fsp3) is 0.471. The summed E-state index contributed by atoms with van der Waals surface area (Å²) < 4.78 is 29.0. The molecule has 0 saturated carbocycles. The second kappa shape index (κ2) is 7.04. The first-order valence-corrected chi connectivity index (χ1v) is 9.77. The van der Waals surface area contributed by atoms with Crippen molar-refractivity contribution in [2.24, 2.45) is 7.05 Å². The highest BCUT2D eigenvalue weighted by Crippen LogP contribution is 2.21. The van der Waals surface area contributed by atoms with E-state index in [9.17, 15) is 8.42 Å². The molecule has 0 radical (unpaired) electrons. The highest BCUT2D eigenvalue weighted by molar-refractivity contribution is 7.89. The molecule has 0 unspecified atom stereocenters. The number of hydrogen-bond donors (Lipinski definition) is 1. The molecule has 2 aromatic rings. The second-order valence-corrected chi connectivity index (χ2v) is 8.02. The molecule has 1 atom stereocenters. The van der Waals surface area contributed by atoms with Crippen LogP contribution in [0.2, 0.25) is 0 Å². The Kier molecular flexibility index (Phi) is 5.03. The van der Waals surface area contributed by atoms with Crippen LogP contribution in [-0.4, -0.2) is 42.2 Å². The molecule has 0 fully saturated rings. The molecule has 1 N–H and O–H groups in total. The number of sulfonamides is 1. The van der Waals surface area contributed by atoms with E-state index in [4.69, 9.17) is 0 Å². The van der Waals surface area contributed by atoms with Gasteiger partial charge in [0.05, 0.1) is 6.20 Å². The molecule has 0 amide bonds. The van der Waals surface area contributed by atoms with Gasteiger partial charge in [0.2, 0.25) is 10.0 Å². The van der Waals surface area contributed by atoms with Gasteiger partial charge in [0, 0.05) is 38.9 Å². The average molecular weight is 348 g/mol. The van der Waals surface area contributed by atoms with E-state index >= 15 is 0 Å². The minimum absolute atomic E-state index is 0.185. The Morgan fingerprint density at radius 2 is 2.04 bits per heavy atom.